The molecule has 0 aliphatic rings. The van der Waals surface area contributed by atoms with Crippen LogP contribution in [0.25, 0.3) is 28.2 Å². The Balaban J connectivity index is 2.13. The van der Waals surface area contributed by atoms with Crippen LogP contribution in [0.4, 0.5) is 4.39 Å². The number of hydrogen-bond donors (Lipinski definition) is 1. The van der Waals surface area contributed by atoms with E-state index in [0.717, 1.165) is 0 Å². The number of nitrogens with zero attached hydrogens (tertiary/aromatic N) is 4. The Bertz CT molecular complexity index is 1290. The highest BCUT2D eigenvalue weighted by atomic mass is 35.5. The fourth-order valence-corrected chi connectivity index (χ4v) is 3.22. The van der Waals surface area contributed by atoms with Gasteiger partial charge in [-0.05, 0) is 36.4 Å². The number of amides is 1. The van der Waals surface area contributed by atoms with Crippen LogP contribution in [0, 0.1) is 5.82 Å². The molecule has 0 saturated heterocycles. The van der Waals surface area contributed by atoms with E-state index in [0.29, 0.717) is 16.3 Å². The molecule has 4 aromatic rings. The zero-order chi connectivity index (χ0) is 20.0. The third-order valence-corrected chi connectivity index (χ3v) is 4.65. The maximum atomic E-state index is 13.3. The van der Waals surface area contributed by atoms with Gasteiger partial charge in [-0.1, -0.05) is 23.7 Å². The molecule has 140 valence electrons. The summed E-state index contributed by atoms with van der Waals surface area (Å²) in [5, 5.41) is 0.379. The lowest BCUT2D eigenvalue weighted by atomic mass is 10.2. The van der Waals surface area contributed by atoms with E-state index in [9.17, 15) is 14.0 Å². The second-order valence-corrected chi connectivity index (χ2v) is 6.47. The molecular weight excluding hydrogens is 385 g/mol. The minimum absolute atomic E-state index is 0.111. The Morgan fingerprint density at radius 3 is 2.43 bits per heavy atom. The quantitative estimate of drug-likeness (QED) is 0.575. The highest BCUT2D eigenvalue weighted by Crippen LogP contribution is 2.27. The van der Waals surface area contributed by atoms with Crippen LogP contribution >= 0.6 is 11.6 Å². The lowest BCUT2D eigenvalue weighted by molar-refractivity contribution is 0.0997. The molecule has 1 amide bonds. The molecule has 0 saturated carbocycles. The largest absolute Gasteiger partial charge is 0.364 e. The van der Waals surface area contributed by atoms with Gasteiger partial charge in [-0.2, -0.15) is 0 Å². The Hall–Kier alpha value is -3.52. The van der Waals surface area contributed by atoms with Crippen molar-refractivity contribution in [3.8, 4) is 17.1 Å². The molecule has 2 aromatic carbocycles. The predicted molar refractivity (Wildman–Crippen MR) is 103 cm³/mol. The summed E-state index contributed by atoms with van der Waals surface area (Å²) in [7, 11) is 1.48. The molecule has 0 aliphatic heterocycles. The molecule has 0 atom stereocenters. The van der Waals surface area contributed by atoms with Gasteiger partial charge in [-0.25, -0.2) is 23.7 Å². The summed E-state index contributed by atoms with van der Waals surface area (Å²) in [6.45, 7) is 0. The SMILES string of the molecule is Cn1c(=O)n(-c2ccc(F)cc2)c2nc(-c3ccccc3Cl)nc(C(N)=O)c21. The summed E-state index contributed by atoms with van der Waals surface area (Å²) < 4.78 is 15.8. The summed E-state index contributed by atoms with van der Waals surface area (Å²) in [4.78, 5) is 33.6. The number of nitrogens with two attached hydrogens (primary N) is 1. The highest BCUT2D eigenvalue weighted by molar-refractivity contribution is 6.33. The van der Waals surface area contributed by atoms with Gasteiger partial charge in [-0.15, -0.1) is 0 Å². The fraction of sp³-hybridized carbons (Fsp3) is 0.0526. The van der Waals surface area contributed by atoms with Crippen LogP contribution in [0.3, 0.4) is 0 Å². The Labute approximate surface area is 162 Å². The molecule has 2 aromatic heterocycles. The predicted octanol–water partition coefficient (Wildman–Crippen LogP) is 2.68. The van der Waals surface area contributed by atoms with Gasteiger partial charge in [0, 0.05) is 12.6 Å². The molecule has 28 heavy (non-hydrogen) atoms. The number of halogens is 2. The first-order valence-corrected chi connectivity index (χ1v) is 8.56. The standard InChI is InChI=1S/C19H13ClFN5O2/c1-25-15-14(16(22)27)23-17(12-4-2-3-5-13(12)20)24-18(15)26(19(25)28)11-8-6-10(21)7-9-11/h2-9H,1H3,(H2,22,27). The van der Waals surface area contributed by atoms with Crippen molar-refractivity contribution in [3.63, 3.8) is 0 Å². The average molecular weight is 398 g/mol. The molecular formula is C19H13ClFN5O2. The van der Waals surface area contributed by atoms with Crippen LogP contribution in [-0.2, 0) is 7.05 Å². The number of primary amides is 1. The van der Waals surface area contributed by atoms with Crippen LogP contribution < -0.4 is 11.4 Å². The number of carbonyl (C=O) groups is 1. The van der Waals surface area contributed by atoms with Crippen molar-refractivity contribution in [2.45, 2.75) is 0 Å². The molecule has 2 N–H and O–H groups in total. The lowest BCUT2D eigenvalue weighted by Gasteiger charge is -2.08. The van der Waals surface area contributed by atoms with Crippen LogP contribution in [0.5, 0.6) is 0 Å². The normalized spacial score (nSPS) is 11.1. The smallest absolute Gasteiger partial charge is 0.334 e. The van der Waals surface area contributed by atoms with Crippen LogP contribution in [0.1, 0.15) is 10.5 Å². The van der Waals surface area contributed by atoms with Gasteiger partial charge in [0.1, 0.15) is 11.3 Å². The minimum atomic E-state index is -0.812. The first-order valence-electron chi connectivity index (χ1n) is 8.18. The maximum absolute atomic E-state index is 13.3. The zero-order valence-corrected chi connectivity index (χ0v) is 15.3. The van der Waals surface area contributed by atoms with E-state index < -0.39 is 17.4 Å². The molecule has 0 bridgehead atoms. The van der Waals surface area contributed by atoms with Crippen molar-refractivity contribution in [1.82, 2.24) is 19.1 Å². The molecule has 9 heteroatoms. The molecule has 0 spiro atoms. The fourth-order valence-electron chi connectivity index (χ4n) is 3.00. The number of benzene rings is 2. The Kier molecular flexibility index (Phi) is 4.20. The summed E-state index contributed by atoms with van der Waals surface area (Å²) in [5.41, 5.74) is 6.14. The third-order valence-electron chi connectivity index (χ3n) is 4.32. The van der Waals surface area contributed by atoms with Gasteiger partial charge in [0.25, 0.3) is 5.91 Å². The number of hydrogen-bond acceptors (Lipinski definition) is 4. The Morgan fingerprint density at radius 1 is 1.11 bits per heavy atom. The first kappa shape index (κ1) is 17.9. The van der Waals surface area contributed by atoms with E-state index >= 15 is 0 Å². The molecule has 0 fully saturated rings. The minimum Gasteiger partial charge on any atom is -0.364 e. The molecule has 0 radical (unpaired) electrons. The second kappa shape index (κ2) is 6.58. The van der Waals surface area contributed by atoms with Gasteiger partial charge in [0.2, 0.25) is 0 Å². The van der Waals surface area contributed by atoms with Crippen molar-refractivity contribution in [2.75, 3.05) is 0 Å². The van der Waals surface area contributed by atoms with Crippen LogP contribution in [0.2, 0.25) is 5.02 Å². The number of aromatic nitrogens is 4. The van der Waals surface area contributed by atoms with Crippen molar-refractivity contribution >= 4 is 28.7 Å². The third kappa shape index (κ3) is 2.74. The molecule has 0 aliphatic carbocycles. The molecule has 4 rings (SSSR count). The van der Waals surface area contributed by atoms with E-state index in [1.807, 2.05) is 0 Å². The number of rotatable bonds is 3. The summed E-state index contributed by atoms with van der Waals surface area (Å²) in [5.74, 6) is -1.11. The summed E-state index contributed by atoms with van der Waals surface area (Å²) in [6.07, 6.45) is 0. The maximum Gasteiger partial charge on any atom is 0.334 e. The zero-order valence-electron chi connectivity index (χ0n) is 14.6. The van der Waals surface area contributed by atoms with Crippen molar-refractivity contribution in [1.29, 1.82) is 0 Å². The number of carbonyl (C=O) groups excluding carboxylic acids is 1. The van der Waals surface area contributed by atoms with E-state index in [-0.39, 0.29) is 22.7 Å². The second-order valence-electron chi connectivity index (χ2n) is 6.07. The Morgan fingerprint density at radius 2 is 1.79 bits per heavy atom. The van der Waals surface area contributed by atoms with Crippen molar-refractivity contribution in [3.05, 3.63) is 75.5 Å². The first-order chi connectivity index (χ1) is 13.4. The van der Waals surface area contributed by atoms with E-state index in [2.05, 4.69) is 9.97 Å². The van der Waals surface area contributed by atoms with Crippen molar-refractivity contribution < 1.29 is 9.18 Å². The van der Waals surface area contributed by atoms with Gasteiger partial charge in [0.05, 0.1) is 10.7 Å². The van der Waals surface area contributed by atoms with Crippen LogP contribution in [-0.4, -0.2) is 25.0 Å². The molecule has 0 unspecified atom stereocenters. The number of fused-ring (bicyclic) bond motifs is 1. The molecule has 2 heterocycles. The lowest BCUT2D eigenvalue weighted by Crippen LogP contribution is -2.21. The summed E-state index contributed by atoms with van der Waals surface area (Å²) >= 11 is 6.24. The monoisotopic (exact) mass is 397 g/mol. The highest BCUT2D eigenvalue weighted by Gasteiger charge is 2.23. The van der Waals surface area contributed by atoms with E-state index in [1.54, 1.807) is 24.3 Å². The van der Waals surface area contributed by atoms with Crippen LogP contribution in [0.15, 0.2) is 53.3 Å². The van der Waals surface area contributed by atoms with Gasteiger partial charge >= 0.3 is 5.69 Å². The average Bonchev–Trinajstić information content (AvgIpc) is 2.93. The van der Waals surface area contributed by atoms with Gasteiger partial charge in [0.15, 0.2) is 17.2 Å². The number of imidazole rings is 1. The van der Waals surface area contributed by atoms with E-state index in [1.165, 1.54) is 40.4 Å². The topological polar surface area (TPSA) is 95.8 Å². The van der Waals surface area contributed by atoms with Gasteiger partial charge in [-0.3, -0.25) is 9.36 Å². The number of aryl methyl sites for hydroxylation is 1. The van der Waals surface area contributed by atoms with Gasteiger partial charge < -0.3 is 5.73 Å². The van der Waals surface area contributed by atoms with Crippen molar-refractivity contribution in [2.24, 2.45) is 12.8 Å². The summed E-state index contributed by atoms with van der Waals surface area (Å²) in [6, 6.07) is 12.2. The van der Waals surface area contributed by atoms with E-state index in [4.69, 9.17) is 17.3 Å². The molecule has 7 nitrogen and oxygen atoms in total.